The van der Waals surface area contributed by atoms with Crippen molar-refractivity contribution in [2.75, 3.05) is 25.0 Å². The number of benzene rings is 2. The molecule has 2 fully saturated rings. The van der Waals surface area contributed by atoms with Crippen molar-refractivity contribution in [2.24, 2.45) is 0 Å². The highest BCUT2D eigenvalue weighted by Crippen LogP contribution is 2.41. The highest BCUT2D eigenvalue weighted by Gasteiger charge is 2.43. The number of pyridine rings is 1. The first-order chi connectivity index (χ1) is 15.1. The van der Waals surface area contributed by atoms with Crippen LogP contribution in [-0.4, -0.2) is 40.2 Å². The lowest BCUT2D eigenvalue weighted by molar-refractivity contribution is 0.181. The summed E-state index contributed by atoms with van der Waals surface area (Å²) in [7, 11) is 0. The summed E-state index contributed by atoms with van der Waals surface area (Å²) >= 11 is 6.08. The van der Waals surface area contributed by atoms with Crippen molar-refractivity contribution in [1.82, 2.24) is 15.2 Å². The fourth-order valence-corrected chi connectivity index (χ4v) is 5.52. The number of aromatic hydroxyl groups is 1. The molecular formula is C25H29ClN4O. The minimum absolute atomic E-state index is 0.306. The lowest BCUT2D eigenvalue weighted by Gasteiger charge is -2.32. The average Bonchev–Trinajstić information content (AvgIpc) is 3.33. The molecule has 2 aliphatic heterocycles. The van der Waals surface area contributed by atoms with Crippen molar-refractivity contribution in [3.8, 4) is 5.75 Å². The second-order valence-corrected chi connectivity index (χ2v) is 9.27. The van der Waals surface area contributed by atoms with E-state index < -0.39 is 0 Å². The zero-order valence-electron chi connectivity index (χ0n) is 17.7. The summed E-state index contributed by atoms with van der Waals surface area (Å²) in [5.41, 5.74) is 3.98. The Labute approximate surface area is 188 Å². The molecule has 162 valence electrons. The number of nitrogens with one attached hydrogen (secondary N) is 2. The minimum atomic E-state index is 0.306. The van der Waals surface area contributed by atoms with Gasteiger partial charge in [-0.1, -0.05) is 17.7 Å². The normalized spacial score (nSPS) is 17.8. The molecule has 0 aliphatic carbocycles. The summed E-state index contributed by atoms with van der Waals surface area (Å²) < 4.78 is 0. The second kappa shape index (κ2) is 8.65. The van der Waals surface area contributed by atoms with E-state index in [0.29, 0.717) is 22.9 Å². The molecule has 0 saturated carbocycles. The number of phenolic OH excluding ortho intramolecular Hbond substituents is 1. The molecule has 0 amide bonds. The Morgan fingerprint density at radius 3 is 2.71 bits per heavy atom. The van der Waals surface area contributed by atoms with Crippen molar-refractivity contribution < 1.29 is 5.11 Å². The smallest absolute Gasteiger partial charge is 0.122 e. The fraction of sp³-hybridized carbons (Fsp3) is 0.400. The molecule has 3 aromatic rings. The fourth-order valence-electron chi connectivity index (χ4n) is 5.35. The molecule has 0 atom stereocenters. The summed E-state index contributed by atoms with van der Waals surface area (Å²) in [6.45, 7) is 4.21. The van der Waals surface area contributed by atoms with Crippen LogP contribution in [0.5, 0.6) is 5.75 Å². The van der Waals surface area contributed by atoms with Gasteiger partial charge in [-0.15, -0.1) is 0 Å². The summed E-state index contributed by atoms with van der Waals surface area (Å²) in [4.78, 5) is 7.08. The van der Waals surface area contributed by atoms with Gasteiger partial charge in [0, 0.05) is 51.7 Å². The van der Waals surface area contributed by atoms with E-state index in [1.54, 1.807) is 12.3 Å². The van der Waals surface area contributed by atoms with Crippen LogP contribution in [0.4, 0.5) is 11.4 Å². The van der Waals surface area contributed by atoms with Gasteiger partial charge in [0.1, 0.15) is 5.75 Å². The molecule has 6 heteroatoms. The first-order valence-corrected chi connectivity index (χ1v) is 11.6. The molecule has 0 bridgehead atoms. The molecule has 0 spiro atoms. The molecule has 31 heavy (non-hydrogen) atoms. The maximum atomic E-state index is 10.6. The van der Waals surface area contributed by atoms with Crippen LogP contribution in [0, 0.1) is 0 Å². The SMILES string of the molecule is Oc1cc(Nc2ccnc3cc(Cl)ccc23)ccc1CNCCC12CCCN1CCC2. The number of hydrogen-bond donors (Lipinski definition) is 3. The van der Waals surface area contributed by atoms with Gasteiger partial charge in [0.15, 0.2) is 0 Å². The van der Waals surface area contributed by atoms with Crippen LogP contribution >= 0.6 is 11.6 Å². The first-order valence-electron chi connectivity index (χ1n) is 11.2. The standard InChI is InChI=1S/C25H29ClN4O/c26-19-4-6-21-22(7-11-28-23(21)15-19)29-20-5-3-18(24(31)16-20)17-27-12-10-25-8-1-13-30(25)14-2-9-25/h3-7,11,15-16,27,31H,1-2,8-10,12-14,17H2,(H,28,29). The third-order valence-corrected chi connectivity index (χ3v) is 7.20. The molecule has 3 N–H and O–H groups in total. The van der Waals surface area contributed by atoms with E-state index in [0.717, 1.165) is 34.4 Å². The van der Waals surface area contributed by atoms with Crippen molar-refractivity contribution in [2.45, 2.75) is 44.2 Å². The third kappa shape index (κ3) is 4.22. The first kappa shape index (κ1) is 20.6. The van der Waals surface area contributed by atoms with Gasteiger partial charge in [-0.2, -0.15) is 0 Å². The maximum Gasteiger partial charge on any atom is 0.122 e. The lowest BCUT2D eigenvalue weighted by atomic mass is 9.90. The third-order valence-electron chi connectivity index (χ3n) is 6.96. The number of nitrogens with zero attached hydrogens (tertiary/aromatic N) is 2. The number of fused-ring (bicyclic) bond motifs is 2. The molecule has 5 nitrogen and oxygen atoms in total. The zero-order valence-corrected chi connectivity index (χ0v) is 18.5. The molecular weight excluding hydrogens is 408 g/mol. The average molecular weight is 437 g/mol. The van der Waals surface area contributed by atoms with Crippen molar-refractivity contribution in [3.05, 3.63) is 59.2 Å². The van der Waals surface area contributed by atoms with Gasteiger partial charge in [0.25, 0.3) is 0 Å². The predicted molar refractivity (Wildman–Crippen MR) is 127 cm³/mol. The van der Waals surface area contributed by atoms with Crippen molar-refractivity contribution in [3.63, 3.8) is 0 Å². The van der Waals surface area contributed by atoms with Crippen LogP contribution < -0.4 is 10.6 Å². The predicted octanol–water partition coefficient (Wildman–Crippen LogP) is 5.45. The van der Waals surface area contributed by atoms with Gasteiger partial charge >= 0.3 is 0 Å². The molecule has 1 aromatic heterocycles. The molecule has 0 unspecified atom stereocenters. The second-order valence-electron chi connectivity index (χ2n) is 8.83. The summed E-state index contributed by atoms with van der Waals surface area (Å²) in [6, 6.07) is 13.4. The quantitative estimate of drug-likeness (QED) is 0.430. The van der Waals surface area contributed by atoms with Gasteiger partial charge in [-0.25, -0.2) is 0 Å². The van der Waals surface area contributed by atoms with Crippen molar-refractivity contribution >= 4 is 33.9 Å². The zero-order chi connectivity index (χ0) is 21.3. The maximum absolute atomic E-state index is 10.6. The van der Waals surface area contributed by atoms with Gasteiger partial charge in [0.05, 0.1) is 5.52 Å². The molecule has 5 rings (SSSR count). The van der Waals surface area contributed by atoms with Crippen molar-refractivity contribution in [1.29, 1.82) is 0 Å². The van der Waals surface area contributed by atoms with Crippen LogP contribution in [0.1, 0.15) is 37.7 Å². The van der Waals surface area contributed by atoms with Crippen LogP contribution in [0.2, 0.25) is 5.02 Å². The summed E-state index contributed by atoms with van der Waals surface area (Å²) in [5.74, 6) is 0.306. The van der Waals surface area contributed by atoms with E-state index in [4.69, 9.17) is 11.6 Å². The molecule has 2 saturated heterocycles. The lowest BCUT2D eigenvalue weighted by Crippen LogP contribution is -2.40. The molecule has 2 aromatic carbocycles. The Hall–Kier alpha value is -2.34. The highest BCUT2D eigenvalue weighted by atomic mass is 35.5. The largest absolute Gasteiger partial charge is 0.508 e. The van der Waals surface area contributed by atoms with Gasteiger partial charge in [0.2, 0.25) is 0 Å². The molecule has 2 aliphatic rings. The Balaban J connectivity index is 1.20. The summed E-state index contributed by atoms with van der Waals surface area (Å²) in [6.07, 6.45) is 8.33. The van der Waals surface area contributed by atoms with Gasteiger partial charge in [-0.3, -0.25) is 9.88 Å². The number of aromatic nitrogens is 1. The monoisotopic (exact) mass is 436 g/mol. The highest BCUT2D eigenvalue weighted by molar-refractivity contribution is 6.31. The Kier molecular flexibility index (Phi) is 5.74. The van der Waals surface area contributed by atoms with E-state index in [9.17, 15) is 5.11 Å². The number of rotatable bonds is 7. The number of phenols is 1. The summed E-state index contributed by atoms with van der Waals surface area (Å²) in [5, 5.41) is 19.2. The molecule has 3 heterocycles. The minimum Gasteiger partial charge on any atom is -0.508 e. The van der Waals surface area contributed by atoms with Crippen LogP contribution in [-0.2, 0) is 6.54 Å². The van der Waals surface area contributed by atoms with E-state index >= 15 is 0 Å². The van der Waals surface area contributed by atoms with E-state index in [1.807, 2.05) is 36.4 Å². The van der Waals surface area contributed by atoms with Crippen LogP contribution in [0.15, 0.2) is 48.7 Å². The molecule has 0 radical (unpaired) electrons. The van der Waals surface area contributed by atoms with Crippen LogP contribution in [0.3, 0.4) is 0 Å². The Bertz CT molecular complexity index is 1080. The Morgan fingerprint density at radius 1 is 1.06 bits per heavy atom. The van der Waals surface area contributed by atoms with Crippen LogP contribution in [0.25, 0.3) is 10.9 Å². The van der Waals surface area contributed by atoms with Gasteiger partial charge < -0.3 is 15.7 Å². The number of hydrogen-bond acceptors (Lipinski definition) is 5. The van der Waals surface area contributed by atoms with E-state index in [-0.39, 0.29) is 0 Å². The van der Waals surface area contributed by atoms with Gasteiger partial charge in [-0.05, 0) is 82.1 Å². The Morgan fingerprint density at radius 2 is 1.90 bits per heavy atom. The topological polar surface area (TPSA) is 60.4 Å². The van der Waals surface area contributed by atoms with E-state index in [1.165, 1.54) is 45.2 Å². The number of halogens is 1. The van der Waals surface area contributed by atoms with E-state index in [2.05, 4.69) is 20.5 Å². The number of anilines is 2.